The zero-order valence-electron chi connectivity index (χ0n) is 10.3. The maximum atomic E-state index is 11.2. The fourth-order valence-electron chi connectivity index (χ4n) is 2.22. The highest BCUT2D eigenvalue weighted by Crippen LogP contribution is 2.25. The van der Waals surface area contributed by atoms with Crippen LogP contribution in [0.1, 0.15) is 23.2 Å². The van der Waals surface area contributed by atoms with Crippen LogP contribution in [0, 0.1) is 0 Å². The molecule has 0 saturated carbocycles. The number of nitrogens with zero attached hydrogens (tertiary/aromatic N) is 2. The van der Waals surface area contributed by atoms with Gasteiger partial charge in [0, 0.05) is 20.2 Å². The van der Waals surface area contributed by atoms with Gasteiger partial charge in [-0.2, -0.15) is 0 Å². The number of carboxylic acid groups (broad SMARTS) is 1. The third-order valence-electron chi connectivity index (χ3n) is 3.25. The summed E-state index contributed by atoms with van der Waals surface area (Å²) in [6.45, 7) is 1.54. The van der Waals surface area contributed by atoms with Crippen molar-refractivity contribution in [1.82, 2.24) is 4.98 Å². The van der Waals surface area contributed by atoms with Gasteiger partial charge >= 0.3 is 5.97 Å². The summed E-state index contributed by atoms with van der Waals surface area (Å²) in [5.41, 5.74) is 6.36. The Morgan fingerprint density at radius 1 is 1.56 bits per heavy atom. The molecular weight excluding hydrogens is 234 g/mol. The summed E-state index contributed by atoms with van der Waals surface area (Å²) in [6, 6.07) is 1.40. The lowest BCUT2D eigenvalue weighted by atomic mass is 10.1. The fourth-order valence-corrected chi connectivity index (χ4v) is 2.22. The van der Waals surface area contributed by atoms with Crippen molar-refractivity contribution in [2.45, 2.75) is 18.9 Å². The Bertz CT molecular complexity index is 442. The molecule has 1 aliphatic heterocycles. The second kappa shape index (κ2) is 5.22. The highest BCUT2D eigenvalue weighted by Gasteiger charge is 2.23. The molecule has 0 amide bonds. The van der Waals surface area contributed by atoms with E-state index in [-0.39, 0.29) is 17.5 Å². The van der Waals surface area contributed by atoms with E-state index >= 15 is 0 Å². The second-order valence-electron chi connectivity index (χ2n) is 4.35. The molecule has 6 heteroatoms. The number of aromatic carboxylic acids is 1. The summed E-state index contributed by atoms with van der Waals surface area (Å²) in [6.07, 6.45) is 3.57. The van der Waals surface area contributed by atoms with E-state index in [0.29, 0.717) is 5.69 Å². The lowest BCUT2D eigenvalue weighted by Gasteiger charge is -2.33. The number of carbonyl (C=O) groups is 1. The molecule has 0 radical (unpaired) electrons. The van der Waals surface area contributed by atoms with Crippen LogP contribution in [0.3, 0.4) is 0 Å². The molecule has 0 spiro atoms. The van der Waals surface area contributed by atoms with E-state index in [1.807, 2.05) is 4.90 Å². The summed E-state index contributed by atoms with van der Waals surface area (Å²) < 4.78 is 5.29. The maximum absolute atomic E-state index is 11.2. The van der Waals surface area contributed by atoms with Gasteiger partial charge < -0.3 is 20.5 Å². The normalized spacial score (nSPS) is 16.8. The Hall–Kier alpha value is -1.82. The van der Waals surface area contributed by atoms with Crippen molar-refractivity contribution in [2.24, 2.45) is 0 Å². The first-order valence-electron chi connectivity index (χ1n) is 5.88. The largest absolute Gasteiger partial charge is 0.478 e. The van der Waals surface area contributed by atoms with Gasteiger partial charge in [-0.25, -0.2) is 9.78 Å². The first kappa shape index (κ1) is 12.6. The predicted octanol–water partition coefficient (Wildman–Crippen LogP) is 0.977. The molecule has 0 aliphatic carbocycles. The van der Waals surface area contributed by atoms with E-state index in [9.17, 15) is 9.90 Å². The van der Waals surface area contributed by atoms with Crippen LogP contribution in [-0.4, -0.2) is 42.4 Å². The van der Waals surface area contributed by atoms with Crippen molar-refractivity contribution in [3.05, 3.63) is 17.8 Å². The molecule has 1 aromatic heterocycles. The molecule has 6 nitrogen and oxygen atoms in total. The zero-order chi connectivity index (χ0) is 13.1. The number of ether oxygens (including phenoxy) is 1. The van der Waals surface area contributed by atoms with Crippen molar-refractivity contribution in [2.75, 3.05) is 30.8 Å². The average molecular weight is 251 g/mol. The third kappa shape index (κ3) is 2.53. The van der Waals surface area contributed by atoms with Crippen molar-refractivity contribution in [3.8, 4) is 0 Å². The molecule has 1 fully saturated rings. The number of aromatic nitrogens is 1. The Labute approximate surface area is 105 Å². The summed E-state index contributed by atoms with van der Waals surface area (Å²) in [4.78, 5) is 17.2. The number of carboxylic acids is 1. The molecule has 0 bridgehead atoms. The molecule has 1 saturated heterocycles. The maximum Gasteiger partial charge on any atom is 0.338 e. The zero-order valence-corrected chi connectivity index (χ0v) is 10.3. The molecule has 18 heavy (non-hydrogen) atoms. The van der Waals surface area contributed by atoms with Gasteiger partial charge in [0.15, 0.2) is 0 Å². The second-order valence-corrected chi connectivity index (χ2v) is 4.35. The van der Waals surface area contributed by atoms with Gasteiger partial charge in [0.05, 0.1) is 23.6 Å². The molecule has 1 aromatic rings. The number of methoxy groups -OCH3 is 1. The smallest absolute Gasteiger partial charge is 0.338 e. The average Bonchev–Trinajstić information content (AvgIpc) is 2.39. The molecule has 3 N–H and O–H groups in total. The number of piperidine rings is 1. The fraction of sp³-hybridized carbons (Fsp3) is 0.500. The van der Waals surface area contributed by atoms with Crippen molar-refractivity contribution < 1.29 is 14.6 Å². The lowest BCUT2D eigenvalue weighted by Crippen LogP contribution is -2.37. The number of rotatable bonds is 3. The third-order valence-corrected chi connectivity index (χ3v) is 3.25. The van der Waals surface area contributed by atoms with Crippen LogP contribution in [0.25, 0.3) is 0 Å². The Kier molecular flexibility index (Phi) is 3.66. The number of nitrogen functional groups attached to an aromatic ring is 1. The van der Waals surface area contributed by atoms with E-state index in [1.165, 1.54) is 12.3 Å². The number of nitrogens with two attached hydrogens (primary N) is 1. The van der Waals surface area contributed by atoms with Gasteiger partial charge in [0.2, 0.25) is 0 Å². The van der Waals surface area contributed by atoms with E-state index < -0.39 is 5.97 Å². The number of hydrogen-bond donors (Lipinski definition) is 2. The van der Waals surface area contributed by atoms with Crippen LogP contribution in [0.5, 0.6) is 0 Å². The van der Waals surface area contributed by atoms with E-state index in [0.717, 1.165) is 25.9 Å². The van der Waals surface area contributed by atoms with Crippen molar-refractivity contribution in [3.63, 3.8) is 0 Å². The monoisotopic (exact) mass is 251 g/mol. The van der Waals surface area contributed by atoms with E-state index in [2.05, 4.69) is 4.98 Å². The van der Waals surface area contributed by atoms with Gasteiger partial charge in [0.1, 0.15) is 5.82 Å². The summed E-state index contributed by atoms with van der Waals surface area (Å²) in [7, 11) is 1.70. The quantitative estimate of drug-likeness (QED) is 0.832. The summed E-state index contributed by atoms with van der Waals surface area (Å²) in [5.74, 6) is -0.754. The molecular formula is C12H17N3O3. The minimum atomic E-state index is -0.979. The van der Waals surface area contributed by atoms with Crippen LogP contribution >= 0.6 is 0 Å². The first-order valence-corrected chi connectivity index (χ1v) is 5.88. The number of pyridine rings is 1. The van der Waals surface area contributed by atoms with Crippen LogP contribution in [0.2, 0.25) is 0 Å². The summed E-state index contributed by atoms with van der Waals surface area (Å²) in [5, 5.41) is 9.18. The molecule has 0 unspecified atom stereocenters. The van der Waals surface area contributed by atoms with E-state index in [4.69, 9.17) is 10.5 Å². The van der Waals surface area contributed by atoms with Crippen molar-refractivity contribution >= 4 is 17.5 Å². The minimum absolute atomic E-state index is 0.207. The minimum Gasteiger partial charge on any atom is -0.478 e. The lowest BCUT2D eigenvalue weighted by molar-refractivity contribution is 0.0696. The van der Waals surface area contributed by atoms with Crippen LogP contribution in [-0.2, 0) is 4.74 Å². The van der Waals surface area contributed by atoms with Gasteiger partial charge in [-0.15, -0.1) is 0 Å². The molecule has 98 valence electrons. The topological polar surface area (TPSA) is 88.7 Å². The van der Waals surface area contributed by atoms with Crippen LogP contribution in [0.4, 0.5) is 11.5 Å². The van der Waals surface area contributed by atoms with Crippen LogP contribution < -0.4 is 10.6 Å². The van der Waals surface area contributed by atoms with Crippen LogP contribution in [0.15, 0.2) is 12.3 Å². The Morgan fingerprint density at radius 2 is 2.22 bits per heavy atom. The first-order chi connectivity index (χ1) is 8.61. The Morgan fingerprint density at radius 3 is 2.78 bits per heavy atom. The highest BCUT2D eigenvalue weighted by atomic mass is 16.5. The van der Waals surface area contributed by atoms with Gasteiger partial charge in [-0.3, -0.25) is 0 Å². The highest BCUT2D eigenvalue weighted by molar-refractivity contribution is 5.95. The van der Waals surface area contributed by atoms with Gasteiger partial charge in [-0.05, 0) is 18.9 Å². The Balaban J connectivity index is 2.21. The molecule has 1 aliphatic rings. The molecule has 0 aromatic carbocycles. The van der Waals surface area contributed by atoms with Crippen molar-refractivity contribution in [1.29, 1.82) is 0 Å². The standard InChI is InChI=1S/C12H17N3O3/c1-18-8-2-4-15(5-3-8)10-7-14-11(13)6-9(10)12(16)17/h6-8H,2-5H2,1H3,(H2,13,14)(H,16,17). The van der Waals surface area contributed by atoms with Gasteiger partial charge in [0.25, 0.3) is 0 Å². The molecule has 0 atom stereocenters. The number of anilines is 2. The molecule has 2 rings (SSSR count). The van der Waals surface area contributed by atoms with E-state index in [1.54, 1.807) is 7.11 Å². The predicted molar refractivity (Wildman–Crippen MR) is 67.9 cm³/mol. The summed E-state index contributed by atoms with van der Waals surface area (Å²) >= 11 is 0. The SMILES string of the molecule is COC1CCN(c2cnc(N)cc2C(=O)O)CC1. The molecule has 2 heterocycles. The number of hydrogen-bond acceptors (Lipinski definition) is 5. The van der Waals surface area contributed by atoms with Gasteiger partial charge in [-0.1, -0.05) is 0 Å².